The van der Waals surface area contributed by atoms with Crippen LogP contribution in [0.25, 0.3) is 11.1 Å². The summed E-state index contributed by atoms with van der Waals surface area (Å²) in [5, 5.41) is -0.336. The third-order valence-corrected chi connectivity index (χ3v) is 7.48. The molecule has 37 heavy (non-hydrogen) atoms. The molecule has 3 N–H and O–H groups in total. The third-order valence-electron chi connectivity index (χ3n) is 6.25. The van der Waals surface area contributed by atoms with Crippen LogP contribution in [0.3, 0.4) is 0 Å². The van der Waals surface area contributed by atoms with Crippen molar-refractivity contribution in [3.05, 3.63) is 60.3 Å². The maximum atomic E-state index is 13.6. The van der Waals surface area contributed by atoms with Gasteiger partial charge in [0.1, 0.15) is 17.4 Å². The number of aromatic nitrogens is 2. The molecule has 3 heterocycles. The molecule has 1 unspecified atom stereocenters. The van der Waals surface area contributed by atoms with Crippen LogP contribution >= 0.6 is 0 Å². The number of amides is 1. The van der Waals surface area contributed by atoms with Gasteiger partial charge in [-0.15, -0.1) is 0 Å². The lowest BCUT2D eigenvalue weighted by Gasteiger charge is -2.34. The smallest absolute Gasteiger partial charge is 0.281 e. The molecule has 1 aliphatic rings. The Morgan fingerprint density at radius 1 is 1.19 bits per heavy atom. The zero-order valence-corrected chi connectivity index (χ0v) is 22.5. The van der Waals surface area contributed by atoms with E-state index in [0.29, 0.717) is 29.6 Å². The van der Waals surface area contributed by atoms with E-state index < -0.39 is 15.9 Å². The molecule has 0 saturated carbocycles. The molecule has 1 amide bonds. The number of carbonyl (C=O) groups excluding carboxylic acids is 1. The van der Waals surface area contributed by atoms with Crippen LogP contribution < -0.4 is 20.1 Å². The van der Waals surface area contributed by atoms with E-state index >= 15 is 0 Å². The van der Waals surface area contributed by atoms with Gasteiger partial charge in [0.2, 0.25) is 0 Å². The minimum absolute atomic E-state index is 0.0363. The van der Waals surface area contributed by atoms with Crippen LogP contribution in [0.5, 0.6) is 5.75 Å². The highest BCUT2D eigenvalue weighted by Gasteiger charge is 2.39. The maximum Gasteiger partial charge on any atom is 0.281 e. The normalized spacial score (nSPS) is 17.1. The molecule has 2 aromatic heterocycles. The Balaban J connectivity index is 1.81. The van der Waals surface area contributed by atoms with Crippen molar-refractivity contribution < 1.29 is 17.9 Å². The predicted molar refractivity (Wildman–Crippen MR) is 144 cm³/mol. The Hall–Kier alpha value is -3.66. The summed E-state index contributed by atoms with van der Waals surface area (Å²) in [4.78, 5) is 24.2. The van der Waals surface area contributed by atoms with E-state index in [1.807, 2.05) is 38.1 Å². The van der Waals surface area contributed by atoms with E-state index in [1.54, 1.807) is 12.3 Å². The Morgan fingerprint density at radius 2 is 1.92 bits per heavy atom. The molecule has 1 aliphatic heterocycles. The third kappa shape index (κ3) is 5.69. The van der Waals surface area contributed by atoms with Gasteiger partial charge in [-0.1, -0.05) is 31.2 Å². The molecule has 1 fully saturated rings. The number of nitrogens with two attached hydrogens (primary N) is 1. The molecular weight excluding hydrogens is 490 g/mol. The number of benzene rings is 1. The van der Waals surface area contributed by atoms with E-state index in [-0.39, 0.29) is 28.1 Å². The number of nitrogens with zero attached hydrogens (tertiary/aromatic N) is 3. The number of hydrogen-bond acceptors (Lipinski definition) is 8. The summed E-state index contributed by atoms with van der Waals surface area (Å²) in [5.74, 6) is 0.687. The highest BCUT2D eigenvalue weighted by atomic mass is 32.2. The topological polar surface area (TPSA) is 128 Å². The number of sulfonamides is 1. The van der Waals surface area contributed by atoms with Gasteiger partial charge in [0, 0.05) is 29.4 Å². The molecule has 0 radical (unpaired) electrons. The van der Waals surface area contributed by atoms with Crippen molar-refractivity contribution in [1.29, 1.82) is 0 Å². The minimum Gasteiger partial charge on any atom is -0.490 e. The summed E-state index contributed by atoms with van der Waals surface area (Å²) in [6.07, 6.45) is 2.55. The maximum absolute atomic E-state index is 13.6. The lowest BCUT2D eigenvalue weighted by molar-refractivity contribution is 0.0981. The van der Waals surface area contributed by atoms with E-state index in [9.17, 15) is 13.2 Å². The first kappa shape index (κ1) is 26.4. The van der Waals surface area contributed by atoms with Crippen LogP contribution in [-0.2, 0) is 10.0 Å². The summed E-state index contributed by atoms with van der Waals surface area (Å²) in [7, 11) is -4.27. The Kier molecular flexibility index (Phi) is 7.14. The van der Waals surface area contributed by atoms with E-state index in [0.717, 1.165) is 12.0 Å². The number of hydrogen-bond donors (Lipinski definition) is 2. The number of nitrogens with one attached hydrogen (secondary N) is 1. The molecule has 1 aromatic carbocycles. The monoisotopic (exact) mass is 523 g/mol. The summed E-state index contributed by atoms with van der Waals surface area (Å²) < 4.78 is 34.1. The summed E-state index contributed by atoms with van der Waals surface area (Å²) in [6, 6.07) is 13.4. The molecule has 3 aromatic rings. The summed E-state index contributed by atoms with van der Waals surface area (Å²) in [6.45, 7) is 10.9. The molecule has 0 aliphatic carbocycles. The number of para-hydroxylation sites is 1. The average molecular weight is 524 g/mol. The van der Waals surface area contributed by atoms with Gasteiger partial charge in [0.15, 0.2) is 5.03 Å². The molecular formula is C27H33N5O4S. The van der Waals surface area contributed by atoms with Crippen LogP contribution in [-0.4, -0.2) is 42.5 Å². The van der Waals surface area contributed by atoms with Crippen LogP contribution in [0, 0.1) is 5.92 Å². The van der Waals surface area contributed by atoms with Gasteiger partial charge in [-0.05, 0) is 64.3 Å². The molecule has 9 nitrogen and oxygen atoms in total. The fraction of sp³-hybridized carbons (Fsp3) is 0.370. The number of pyridine rings is 2. The van der Waals surface area contributed by atoms with E-state index in [1.165, 1.54) is 18.2 Å². The highest BCUT2D eigenvalue weighted by Crippen LogP contribution is 2.39. The van der Waals surface area contributed by atoms with Crippen LogP contribution in [0.4, 0.5) is 11.6 Å². The molecule has 1 saturated heterocycles. The number of anilines is 2. The minimum atomic E-state index is -4.27. The first-order valence-corrected chi connectivity index (χ1v) is 13.7. The van der Waals surface area contributed by atoms with E-state index in [4.69, 9.17) is 15.5 Å². The van der Waals surface area contributed by atoms with Crippen molar-refractivity contribution in [2.75, 3.05) is 17.2 Å². The van der Waals surface area contributed by atoms with Gasteiger partial charge in [0.05, 0.1) is 11.7 Å². The second kappa shape index (κ2) is 10.0. The highest BCUT2D eigenvalue weighted by molar-refractivity contribution is 7.90. The van der Waals surface area contributed by atoms with Gasteiger partial charge in [-0.2, -0.15) is 8.42 Å². The second-order valence-corrected chi connectivity index (χ2v) is 12.0. The van der Waals surface area contributed by atoms with Gasteiger partial charge in [-0.25, -0.2) is 14.7 Å². The average Bonchev–Trinajstić information content (AvgIpc) is 3.10. The largest absolute Gasteiger partial charge is 0.490 e. The van der Waals surface area contributed by atoms with Crippen molar-refractivity contribution in [3.63, 3.8) is 0 Å². The van der Waals surface area contributed by atoms with Crippen molar-refractivity contribution in [2.45, 2.75) is 57.7 Å². The number of ether oxygens (including phenoxy) is 1. The Labute approximate surface area is 218 Å². The molecule has 0 bridgehead atoms. The summed E-state index contributed by atoms with van der Waals surface area (Å²) in [5.41, 5.74) is 6.92. The summed E-state index contributed by atoms with van der Waals surface area (Å²) >= 11 is 0. The van der Waals surface area contributed by atoms with Crippen molar-refractivity contribution >= 4 is 27.6 Å². The van der Waals surface area contributed by atoms with E-state index in [2.05, 4.69) is 35.4 Å². The molecule has 0 spiro atoms. The van der Waals surface area contributed by atoms with Crippen LogP contribution in [0.1, 0.15) is 51.4 Å². The molecule has 196 valence electrons. The SMILES string of the molecule is CC1CN(c2ncc(-c3ccccc3OC(C)C)cc2C(=O)NS(=O)(=O)c2cccc(N)n2)C(C)(C)C1. The second-order valence-electron chi connectivity index (χ2n) is 10.3. The molecule has 10 heteroatoms. The van der Waals surface area contributed by atoms with Crippen molar-refractivity contribution in [3.8, 4) is 16.9 Å². The predicted octanol–water partition coefficient (Wildman–Crippen LogP) is 4.26. The fourth-order valence-corrected chi connectivity index (χ4v) is 5.76. The van der Waals surface area contributed by atoms with Crippen LogP contribution in [0.2, 0.25) is 0 Å². The number of nitrogen functional groups attached to an aromatic ring is 1. The fourth-order valence-electron chi connectivity index (χ4n) is 4.82. The lowest BCUT2D eigenvalue weighted by atomic mass is 9.97. The van der Waals surface area contributed by atoms with Gasteiger partial charge in [-0.3, -0.25) is 4.79 Å². The lowest BCUT2D eigenvalue weighted by Crippen LogP contribution is -2.41. The Bertz CT molecular complexity index is 1420. The van der Waals surface area contributed by atoms with Crippen molar-refractivity contribution in [1.82, 2.24) is 14.7 Å². The first-order valence-electron chi connectivity index (χ1n) is 12.2. The first-order chi connectivity index (χ1) is 17.4. The standard InChI is InChI=1S/C27H33N5O4S/c1-17(2)36-22-10-7-6-9-20(22)19-13-21(25(29-15-19)32-16-18(3)14-27(32,4)5)26(33)31-37(34,35)24-12-8-11-23(28)30-24/h6-13,15,17-18H,14,16H2,1-5H3,(H2,28,30)(H,31,33). The molecule has 4 rings (SSSR count). The number of carbonyl (C=O) groups is 1. The van der Waals surface area contributed by atoms with Crippen molar-refractivity contribution in [2.24, 2.45) is 5.92 Å². The van der Waals surface area contributed by atoms with Gasteiger partial charge in [0.25, 0.3) is 15.9 Å². The number of rotatable bonds is 7. The Morgan fingerprint density at radius 3 is 2.57 bits per heavy atom. The zero-order chi connectivity index (χ0) is 27.0. The quantitative estimate of drug-likeness (QED) is 0.470. The molecule has 1 atom stereocenters. The van der Waals surface area contributed by atoms with Crippen LogP contribution in [0.15, 0.2) is 59.8 Å². The van der Waals surface area contributed by atoms with Gasteiger partial charge < -0.3 is 15.4 Å². The van der Waals surface area contributed by atoms with Gasteiger partial charge >= 0.3 is 0 Å². The zero-order valence-electron chi connectivity index (χ0n) is 21.7.